The molecule has 1 heterocycles. The van der Waals surface area contributed by atoms with Gasteiger partial charge in [-0.3, -0.25) is 0 Å². The van der Waals surface area contributed by atoms with E-state index >= 15 is 0 Å². The van der Waals surface area contributed by atoms with Crippen molar-refractivity contribution >= 4 is 5.69 Å². The Morgan fingerprint density at radius 1 is 1.40 bits per heavy atom. The number of aliphatic hydroxyl groups is 1. The lowest BCUT2D eigenvalue weighted by Gasteiger charge is -2.24. The number of hydrogen-bond acceptors (Lipinski definition) is 2. The molecule has 1 aromatic rings. The molecule has 0 atom stereocenters. The fourth-order valence-corrected chi connectivity index (χ4v) is 2.27. The maximum Gasteiger partial charge on any atom is 0.0471 e. The van der Waals surface area contributed by atoms with Gasteiger partial charge in [-0.25, -0.2) is 0 Å². The molecule has 0 spiro atoms. The van der Waals surface area contributed by atoms with Gasteiger partial charge in [0.05, 0.1) is 0 Å². The third-order valence-electron chi connectivity index (χ3n) is 3.11. The Bertz CT molecular complexity index is 346. The molecule has 2 heteroatoms. The van der Waals surface area contributed by atoms with Gasteiger partial charge in [-0.2, -0.15) is 0 Å². The molecule has 2 nitrogen and oxygen atoms in total. The van der Waals surface area contributed by atoms with E-state index in [4.69, 9.17) is 5.11 Å². The van der Waals surface area contributed by atoms with Crippen LogP contribution in [-0.4, -0.2) is 24.3 Å². The van der Waals surface area contributed by atoms with E-state index in [-0.39, 0.29) is 6.61 Å². The number of nitrogens with zero attached hydrogens (tertiary/aromatic N) is 1. The van der Waals surface area contributed by atoms with Crippen molar-refractivity contribution in [3.05, 3.63) is 29.3 Å². The first-order chi connectivity index (χ1) is 7.22. The van der Waals surface area contributed by atoms with Crippen LogP contribution in [0, 0.1) is 0 Å². The van der Waals surface area contributed by atoms with Crippen molar-refractivity contribution in [1.82, 2.24) is 0 Å². The highest BCUT2D eigenvalue weighted by atomic mass is 16.2. The lowest BCUT2D eigenvalue weighted by Crippen LogP contribution is -2.28. The van der Waals surface area contributed by atoms with Crippen LogP contribution in [-0.2, 0) is 12.8 Å². The number of hydrogen-bond donors (Lipinski definition) is 1. The minimum absolute atomic E-state index is 0.237. The zero-order chi connectivity index (χ0) is 10.8. The Balaban J connectivity index is 2.29. The second-order valence-corrected chi connectivity index (χ2v) is 4.47. The van der Waals surface area contributed by atoms with E-state index in [1.807, 2.05) is 0 Å². The van der Waals surface area contributed by atoms with Crippen LogP contribution in [0.4, 0.5) is 5.69 Å². The first-order valence-corrected chi connectivity index (χ1v) is 5.71. The van der Waals surface area contributed by atoms with E-state index in [2.05, 4.69) is 36.9 Å². The van der Waals surface area contributed by atoms with E-state index in [9.17, 15) is 0 Å². The second kappa shape index (κ2) is 4.23. The van der Waals surface area contributed by atoms with Crippen LogP contribution in [0.2, 0.25) is 0 Å². The van der Waals surface area contributed by atoms with Gasteiger partial charge in [-0.15, -0.1) is 0 Å². The van der Waals surface area contributed by atoms with Gasteiger partial charge in [-0.1, -0.05) is 12.1 Å². The van der Waals surface area contributed by atoms with E-state index in [1.54, 1.807) is 0 Å². The van der Waals surface area contributed by atoms with Crippen LogP contribution in [0.3, 0.4) is 0 Å². The highest BCUT2D eigenvalue weighted by molar-refractivity contribution is 5.60. The SMILES string of the molecule is CC(C)N1CCc2ccc(CCO)cc21. The Morgan fingerprint density at radius 3 is 2.87 bits per heavy atom. The second-order valence-electron chi connectivity index (χ2n) is 4.47. The normalized spacial score (nSPS) is 14.8. The number of anilines is 1. The van der Waals surface area contributed by atoms with Crippen molar-refractivity contribution in [2.24, 2.45) is 0 Å². The van der Waals surface area contributed by atoms with E-state index in [0.717, 1.165) is 19.4 Å². The topological polar surface area (TPSA) is 23.5 Å². The number of aliphatic hydroxyl groups excluding tert-OH is 1. The van der Waals surface area contributed by atoms with Crippen molar-refractivity contribution < 1.29 is 5.11 Å². The molecular weight excluding hydrogens is 186 g/mol. The lowest BCUT2D eigenvalue weighted by atomic mass is 10.1. The van der Waals surface area contributed by atoms with Crippen LogP contribution in [0.25, 0.3) is 0 Å². The van der Waals surface area contributed by atoms with Crippen molar-refractivity contribution in [2.45, 2.75) is 32.7 Å². The summed E-state index contributed by atoms with van der Waals surface area (Å²) in [6.07, 6.45) is 1.92. The van der Waals surface area contributed by atoms with Gasteiger partial charge in [-0.05, 0) is 43.9 Å². The highest BCUT2D eigenvalue weighted by Gasteiger charge is 2.20. The van der Waals surface area contributed by atoms with Crippen LogP contribution in [0.15, 0.2) is 18.2 Å². The smallest absolute Gasteiger partial charge is 0.0471 e. The van der Waals surface area contributed by atoms with Crippen molar-refractivity contribution in [3.63, 3.8) is 0 Å². The molecule has 1 aromatic carbocycles. The molecule has 1 aliphatic heterocycles. The quantitative estimate of drug-likeness (QED) is 0.815. The molecule has 0 fully saturated rings. The molecule has 0 saturated heterocycles. The minimum atomic E-state index is 0.237. The number of benzene rings is 1. The molecule has 0 amide bonds. The molecule has 15 heavy (non-hydrogen) atoms. The molecule has 0 unspecified atom stereocenters. The molecule has 0 aliphatic carbocycles. The van der Waals surface area contributed by atoms with E-state index < -0.39 is 0 Å². The summed E-state index contributed by atoms with van der Waals surface area (Å²) in [7, 11) is 0. The first-order valence-electron chi connectivity index (χ1n) is 5.71. The van der Waals surface area contributed by atoms with Crippen LogP contribution in [0.1, 0.15) is 25.0 Å². The predicted octanol–water partition coefficient (Wildman–Crippen LogP) is 1.99. The summed E-state index contributed by atoms with van der Waals surface area (Å²) in [6.45, 7) is 5.83. The lowest BCUT2D eigenvalue weighted by molar-refractivity contribution is 0.299. The van der Waals surface area contributed by atoms with Gasteiger partial charge in [0, 0.05) is 24.9 Å². The van der Waals surface area contributed by atoms with Crippen molar-refractivity contribution in [2.75, 3.05) is 18.1 Å². The zero-order valence-electron chi connectivity index (χ0n) is 9.53. The molecule has 0 saturated carbocycles. The predicted molar refractivity (Wildman–Crippen MR) is 63.4 cm³/mol. The third-order valence-corrected chi connectivity index (χ3v) is 3.11. The largest absolute Gasteiger partial charge is 0.396 e. The Hall–Kier alpha value is -1.02. The van der Waals surface area contributed by atoms with Gasteiger partial charge in [0.1, 0.15) is 0 Å². The van der Waals surface area contributed by atoms with Gasteiger partial charge >= 0.3 is 0 Å². The van der Waals surface area contributed by atoms with Gasteiger partial charge in [0.2, 0.25) is 0 Å². The molecule has 2 rings (SSSR count). The van der Waals surface area contributed by atoms with Gasteiger partial charge in [0.25, 0.3) is 0 Å². The number of fused-ring (bicyclic) bond motifs is 1. The molecule has 0 aromatic heterocycles. The standard InChI is InChI=1S/C13H19NO/c1-10(2)14-7-5-12-4-3-11(6-8-15)9-13(12)14/h3-4,9-10,15H,5-8H2,1-2H3. The maximum atomic E-state index is 8.93. The molecule has 0 radical (unpaired) electrons. The van der Waals surface area contributed by atoms with Crippen LogP contribution in [0.5, 0.6) is 0 Å². The van der Waals surface area contributed by atoms with Crippen LogP contribution < -0.4 is 4.90 Å². The molecule has 82 valence electrons. The summed E-state index contributed by atoms with van der Waals surface area (Å²) >= 11 is 0. The summed E-state index contributed by atoms with van der Waals surface area (Å²) in [5, 5.41) is 8.93. The van der Waals surface area contributed by atoms with Crippen LogP contribution >= 0.6 is 0 Å². The Kier molecular flexibility index (Phi) is 2.96. The summed E-state index contributed by atoms with van der Waals surface area (Å²) in [5.74, 6) is 0. The first kappa shape index (κ1) is 10.5. The molecule has 0 bridgehead atoms. The Labute approximate surface area is 91.5 Å². The van der Waals surface area contributed by atoms with Crippen molar-refractivity contribution in [1.29, 1.82) is 0 Å². The average molecular weight is 205 g/mol. The van der Waals surface area contributed by atoms with Crippen molar-refractivity contribution in [3.8, 4) is 0 Å². The molecule has 1 aliphatic rings. The van der Waals surface area contributed by atoms with Gasteiger partial charge < -0.3 is 10.0 Å². The summed E-state index contributed by atoms with van der Waals surface area (Å²) in [6, 6.07) is 7.15. The monoisotopic (exact) mass is 205 g/mol. The van der Waals surface area contributed by atoms with Gasteiger partial charge in [0.15, 0.2) is 0 Å². The van der Waals surface area contributed by atoms with E-state index in [0.29, 0.717) is 6.04 Å². The van der Waals surface area contributed by atoms with E-state index in [1.165, 1.54) is 16.8 Å². The minimum Gasteiger partial charge on any atom is -0.396 e. The summed E-state index contributed by atoms with van der Waals surface area (Å²) < 4.78 is 0. The Morgan fingerprint density at radius 2 is 2.20 bits per heavy atom. The number of rotatable bonds is 3. The highest BCUT2D eigenvalue weighted by Crippen LogP contribution is 2.30. The summed E-state index contributed by atoms with van der Waals surface area (Å²) in [4.78, 5) is 2.44. The average Bonchev–Trinajstić information content (AvgIpc) is 2.61. The summed E-state index contributed by atoms with van der Waals surface area (Å²) in [5.41, 5.74) is 4.06. The fourth-order valence-electron chi connectivity index (χ4n) is 2.27. The third kappa shape index (κ3) is 2.00. The maximum absolute atomic E-state index is 8.93. The molecular formula is C13H19NO. The zero-order valence-corrected chi connectivity index (χ0v) is 9.53. The molecule has 1 N–H and O–H groups in total. The fraction of sp³-hybridized carbons (Fsp3) is 0.538.